The van der Waals surface area contributed by atoms with Gasteiger partial charge in [-0.05, 0) is 114 Å². The van der Waals surface area contributed by atoms with Gasteiger partial charge in [-0.25, -0.2) is 0 Å². The average Bonchev–Trinajstić information content (AvgIpc) is 3.39. The molecular formula is C32H45N5O2. The van der Waals surface area contributed by atoms with Crippen molar-refractivity contribution in [2.75, 3.05) is 25.5 Å². The fourth-order valence-corrected chi connectivity index (χ4v) is 6.14. The number of aromatic amines is 1. The van der Waals surface area contributed by atoms with Crippen LogP contribution in [0.3, 0.4) is 0 Å². The predicted molar refractivity (Wildman–Crippen MR) is 162 cm³/mol. The van der Waals surface area contributed by atoms with Crippen LogP contribution in [-0.2, 0) is 6.54 Å². The van der Waals surface area contributed by atoms with E-state index in [2.05, 4.69) is 72.1 Å². The average molecular weight is 532 g/mol. The highest BCUT2D eigenvalue weighted by Crippen LogP contribution is 2.35. The molecule has 1 aromatic carbocycles. The molecule has 1 unspecified atom stereocenters. The Labute approximate surface area is 233 Å². The summed E-state index contributed by atoms with van der Waals surface area (Å²) in [7, 11) is 4.35. The minimum atomic E-state index is -0.162. The lowest BCUT2D eigenvalue weighted by atomic mass is 9.88. The lowest BCUT2D eigenvalue weighted by molar-refractivity contribution is 0.0950. The molecule has 7 nitrogen and oxygen atoms in total. The number of aliphatic imine (C=N–C) groups is 1. The Bertz CT molecular complexity index is 1310. The van der Waals surface area contributed by atoms with Crippen LogP contribution in [-0.4, -0.2) is 60.8 Å². The minimum Gasteiger partial charge on any atom is -0.369 e. The third-order valence-corrected chi connectivity index (χ3v) is 8.56. The molecular weight excluding hydrogens is 486 g/mol. The maximum absolute atomic E-state index is 13.7. The van der Waals surface area contributed by atoms with Gasteiger partial charge in [0.05, 0.1) is 6.04 Å². The number of nitrogens with zero attached hydrogens (tertiary/aromatic N) is 3. The van der Waals surface area contributed by atoms with E-state index in [-0.39, 0.29) is 24.1 Å². The first-order chi connectivity index (χ1) is 18.6. The van der Waals surface area contributed by atoms with Crippen molar-refractivity contribution in [2.24, 2.45) is 4.99 Å². The van der Waals surface area contributed by atoms with Crippen molar-refractivity contribution in [3.63, 3.8) is 0 Å². The first kappa shape index (κ1) is 28.8. The van der Waals surface area contributed by atoms with Crippen molar-refractivity contribution in [2.45, 2.75) is 91.4 Å². The fourth-order valence-electron chi connectivity index (χ4n) is 6.14. The molecule has 0 bridgehead atoms. The molecule has 39 heavy (non-hydrogen) atoms. The highest BCUT2D eigenvalue weighted by Gasteiger charge is 2.29. The highest BCUT2D eigenvalue weighted by atomic mass is 16.1. The Morgan fingerprint density at radius 2 is 1.74 bits per heavy atom. The first-order valence-electron chi connectivity index (χ1n) is 14.4. The molecule has 0 spiro atoms. The first-order valence-corrected chi connectivity index (χ1v) is 14.4. The second kappa shape index (κ2) is 12.3. The number of carbonyl (C=O) groups is 1. The van der Waals surface area contributed by atoms with Gasteiger partial charge >= 0.3 is 0 Å². The number of amides is 1. The monoisotopic (exact) mass is 531 g/mol. The minimum absolute atomic E-state index is 0.151. The molecule has 2 heterocycles. The van der Waals surface area contributed by atoms with Gasteiger partial charge in [-0.1, -0.05) is 13.0 Å². The summed E-state index contributed by atoms with van der Waals surface area (Å²) in [5.41, 5.74) is 6.97. The lowest BCUT2D eigenvalue weighted by Gasteiger charge is -2.40. The predicted octanol–water partition coefficient (Wildman–Crippen LogP) is 5.18. The summed E-state index contributed by atoms with van der Waals surface area (Å²) in [5.74, 6) is -0.162. The number of anilines is 1. The number of pyridine rings is 1. The molecule has 1 saturated carbocycles. The Morgan fingerprint density at radius 3 is 2.33 bits per heavy atom. The number of hydrogen-bond acceptors (Lipinski definition) is 5. The van der Waals surface area contributed by atoms with E-state index < -0.39 is 0 Å². The number of hydrogen-bond donors (Lipinski definition) is 2. The maximum Gasteiger partial charge on any atom is 0.253 e. The third kappa shape index (κ3) is 6.35. The van der Waals surface area contributed by atoms with Gasteiger partial charge in [0.15, 0.2) is 0 Å². The Morgan fingerprint density at radius 1 is 1.05 bits per heavy atom. The third-order valence-electron chi connectivity index (χ3n) is 8.56. The molecule has 0 radical (unpaired) electrons. The van der Waals surface area contributed by atoms with E-state index in [1.807, 2.05) is 32.2 Å². The van der Waals surface area contributed by atoms with E-state index in [0.717, 1.165) is 59.5 Å². The maximum atomic E-state index is 13.7. The molecule has 1 amide bonds. The van der Waals surface area contributed by atoms with Gasteiger partial charge in [-0.2, -0.15) is 0 Å². The lowest BCUT2D eigenvalue weighted by Crippen LogP contribution is -2.42. The molecule has 210 valence electrons. The Balaban J connectivity index is 1.68. The summed E-state index contributed by atoms with van der Waals surface area (Å²) < 4.78 is 0. The van der Waals surface area contributed by atoms with Crippen LogP contribution in [0.15, 0.2) is 34.1 Å². The summed E-state index contributed by atoms with van der Waals surface area (Å²) in [5, 5.41) is 3.04. The van der Waals surface area contributed by atoms with Crippen molar-refractivity contribution in [1.29, 1.82) is 0 Å². The number of aromatic nitrogens is 1. The van der Waals surface area contributed by atoms with Crippen LogP contribution in [0.1, 0.15) is 84.3 Å². The van der Waals surface area contributed by atoms with Crippen LogP contribution in [0.25, 0.3) is 5.57 Å². The van der Waals surface area contributed by atoms with Crippen molar-refractivity contribution in [3.05, 3.63) is 68.1 Å². The molecule has 4 rings (SSSR count). The van der Waals surface area contributed by atoms with Gasteiger partial charge in [-0.15, -0.1) is 0 Å². The van der Waals surface area contributed by atoms with Gasteiger partial charge in [0.1, 0.15) is 0 Å². The molecule has 0 saturated heterocycles. The number of rotatable bonds is 9. The van der Waals surface area contributed by atoms with E-state index in [0.29, 0.717) is 23.2 Å². The Hall–Kier alpha value is -3.19. The second-order valence-electron chi connectivity index (χ2n) is 11.4. The summed E-state index contributed by atoms with van der Waals surface area (Å²) in [6.07, 6.45) is 9.73. The fraction of sp³-hybridized carbons (Fsp3) is 0.531. The van der Waals surface area contributed by atoms with Crippen LogP contribution < -0.4 is 15.8 Å². The number of aryl methyl sites for hydroxylation is 2. The van der Waals surface area contributed by atoms with Gasteiger partial charge < -0.3 is 20.1 Å². The van der Waals surface area contributed by atoms with E-state index in [9.17, 15) is 9.59 Å². The van der Waals surface area contributed by atoms with E-state index in [1.165, 1.54) is 12.8 Å². The summed E-state index contributed by atoms with van der Waals surface area (Å²) in [6, 6.07) is 7.44. The molecule has 1 aromatic heterocycles. The second-order valence-corrected chi connectivity index (χ2v) is 11.4. The highest BCUT2D eigenvalue weighted by molar-refractivity contribution is 6.13. The summed E-state index contributed by atoms with van der Waals surface area (Å²) in [4.78, 5) is 38.6. The number of H-pyrrole nitrogens is 1. The van der Waals surface area contributed by atoms with Gasteiger partial charge in [-0.3, -0.25) is 14.6 Å². The standard InChI is InChI=1S/C32H45N5O2/c1-8-25-15-24(18-33-25)23-16-28(31(38)34-19-29-20(3)14-21(4)35-32(29)39)22(5)30(17-23)37(9-2)27-12-10-26(11-13-27)36(6)7/h14-18,25-27H,8-13,19H2,1-7H3,(H,34,38)(H,35,39). The topological polar surface area (TPSA) is 80.8 Å². The smallest absolute Gasteiger partial charge is 0.253 e. The van der Waals surface area contributed by atoms with Gasteiger partial charge in [0, 0.05) is 53.9 Å². The number of carbonyl (C=O) groups excluding carboxylic acids is 1. The van der Waals surface area contributed by atoms with Gasteiger partial charge in [0.25, 0.3) is 11.5 Å². The number of allylic oxidation sites excluding steroid dienone is 1. The molecule has 2 N–H and O–H groups in total. The molecule has 1 fully saturated rings. The van der Waals surface area contributed by atoms with Crippen molar-refractivity contribution in [3.8, 4) is 0 Å². The zero-order chi connectivity index (χ0) is 28.3. The molecule has 7 heteroatoms. The van der Waals surface area contributed by atoms with Crippen molar-refractivity contribution >= 4 is 23.4 Å². The summed E-state index contributed by atoms with van der Waals surface area (Å²) in [6.45, 7) is 11.2. The van der Waals surface area contributed by atoms with Gasteiger partial charge in [0.2, 0.25) is 0 Å². The normalized spacial score (nSPS) is 20.8. The zero-order valence-electron chi connectivity index (χ0n) is 24.7. The quantitative estimate of drug-likeness (QED) is 0.468. The number of nitrogens with one attached hydrogen (secondary N) is 2. The van der Waals surface area contributed by atoms with E-state index in [4.69, 9.17) is 0 Å². The van der Waals surface area contributed by atoms with Crippen LogP contribution in [0, 0.1) is 20.8 Å². The van der Waals surface area contributed by atoms with Crippen LogP contribution >= 0.6 is 0 Å². The molecule has 1 atom stereocenters. The van der Waals surface area contributed by atoms with Crippen LogP contribution in [0.4, 0.5) is 5.69 Å². The van der Waals surface area contributed by atoms with Crippen molar-refractivity contribution in [1.82, 2.24) is 15.2 Å². The number of benzene rings is 1. The van der Waals surface area contributed by atoms with Crippen LogP contribution in [0.5, 0.6) is 0 Å². The molecule has 2 aromatic rings. The van der Waals surface area contributed by atoms with E-state index >= 15 is 0 Å². The summed E-state index contributed by atoms with van der Waals surface area (Å²) >= 11 is 0. The van der Waals surface area contributed by atoms with Crippen LogP contribution in [0.2, 0.25) is 0 Å². The van der Waals surface area contributed by atoms with E-state index in [1.54, 1.807) is 0 Å². The molecule has 1 aliphatic heterocycles. The Kier molecular flexibility index (Phi) is 9.11. The SMILES string of the molecule is CCC1C=C(c2cc(C(=O)NCc3c(C)cc(C)[nH]c3=O)c(C)c(N(CC)C3CCC(N(C)C)CC3)c2)C=N1. The van der Waals surface area contributed by atoms with Crippen molar-refractivity contribution < 1.29 is 4.79 Å². The zero-order valence-corrected chi connectivity index (χ0v) is 24.7. The molecule has 2 aliphatic rings. The molecule has 1 aliphatic carbocycles. The largest absolute Gasteiger partial charge is 0.369 e.